The van der Waals surface area contributed by atoms with Crippen LogP contribution in [0, 0.1) is 5.92 Å². The summed E-state index contributed by atoms with van der Waals surface area (Å²) in [5, 5.41) is 3.77. The number of benzene rings is 2. The molecule has 3 rings (SSSR count). The molecule has 0 bridgehead atoms. The predicted octanol–water partition coefficient (Wildman–Crippen LogP) is 4.15. The number of carbonyl (C=O) groups excluding carboxylic acids is 1. The van der Waals surface area contributed by atoms with E-state index < -0.39 is 0 Å². The summed E-state index contributed by atoms with van der Waals surface area (Å²) >= 11 is 5.93. The second kappa shape index (κ2) is 6.31. The summed E-state index contributed by atoms with van der Waals surface area (Å²) in [7, 11) is 0. The van der Waals surface area contributed by atoms with Crippen LogP contribution in [-0.4, -0.2) is 5.91 Å². The van der Waals surface area contributed by atoms with Gasteiger partial charge in [-0.3, -0.25) is 4.79 Å². The highest BCUT2D eigenvalue weighted by atomic mass is 35.5. The van der Waals surface area contributed by atoms with Gasteiger partial charge in [-0.25, -0.2) is 0 Å². The molecule has 0 aromatic heterocycles. The lowest BCUT2D eigenvalue weighted by Gasteiger charge is -2.17. The molecule has 3 heteroatoms. The van der Waals surface area contributed by atoms with Crippen LogP contribution < -0.4 is 5.32 Å². The molecule has 2 aromatic rings. The average molecular weight is 300 g/mol. The second-order valence-electron chi connectivity index (χ2n) is 5.57. The minimum absolute atomic E-state index is 0.0500. The van der Waals surface area contributed by atoms with Crippen LogP contribution in [0.15, 0.2) is 54.6 Å². The van der Waals surface area contributed by atoms with Crippen LogP contribution in [0.1, 0.15) is 29.9 Å². The van der Waals surface area contributed by atoms with Gasteiger partial charge in [0.1, 0.15) is 0 Å². The zero-order chi connectivity index (χ0) is 14.7. The van der Waals surface area contributed by atoms with Crippen molar-refractivity contribution < 1.29 is 4.79 Å². The molecule has 1 unspecified atom stereocenters. The Morgan fingerprint density at radius 2 is 1.76 bits per heavy atom. The Morgan fingerprint density at radius 1 is 1.10 bits per heavy atom. The van der Waals surface area contributed by atoms with Gasteiger partial charge in [0.2, 0.25) is 5.91 Å². The van der Waals surface area contributed by atoms with Gasteiger partial charge in [-0.2, -0.15) is 0 Å². The number of halogens is 1. The zero-order valence-corrected chi connectivity index (χ0v) is 12.5. The van der Waals surface area contributed by atoms with Gasteiger partial charge in [0.25, 0.3) is 0 Å². The van der Waals surface area contributed by atoms with Crippen LogP contribution >= 0.6 is 11.6 Å². The Hall–Kier alpha value is -1.80. The van der Waals surface area contributed by atoms with Gasteiger partial charge >= 0.3 is 0 Å². The molecule has 1 aliphatic carbocycles. The van der Waals surface area contributed by atoms with Crippen LogP contribution in [0.3, 0.4) is 0 Å². The third kappa shape index (κ3) is 3.64. The lowest BCUT2D eigenvalue weighted by molar-refractivity contribution is -0.123. The molecule has 21 heavy (non-hydrogen) atoms. The van der Waals surface area contributed by atoms with E-state index in [1.54, 1.807) is 0 Å². The van der Waals surface area contributed by atoms with Crippen molar-refractivity contribution in [3.8, 4) is 0 Å². The van der Waals surface area contributed by atoms with Gasteiger partial charge in [0.05, 0.1) is 5.92 Å². The third-order valence-corrected chi connectivity index (χ3v) is 4.17. The van der Waals surface area contributed by atoms with Gasteiger partial charge in [0, 0.05) is 11.6 Å². The summed E-state index contributed by atoms with van der Waals surface area (Å²) in [6.45, 7) is 0.580. The highest BCUT2D eigenvalue weighted by molar-refractivity contribution is 6.30. The molecule has 0 aliphatic heterocycles. The molecule has 1 N–H and O–H groups in total. The Labute approximate surface area is 130 Å². The summed E-state index contributed by atoms with van der Waals surface area (Å²) in [5.74, 6) is 0.539. The van der Waals surface area contributed by atoms with Crippen molar-refractivity contribution in [2.75, 3.05) is 0 Å². The van der Waals surface area contributed by atoms with Gasteiger partial charge in [-0.05, 0) is 42.0 Å². The van der Waals surface area contributed by atoms with E-state index in [-0.39, 0.29) is 11.8 Å². The molecule has 2 nitrogen and oxygen atoms in total. The summed E-state index contributed by atoms with van der Waals surface area (Å²) in [5.41, 5.74) is 2.18. The van der Waals surface area contributed by atoms with Crippen LogP contribution in [-0.2, 0) is 11.3 Å². The minimum atomic E-state index is -0.0500. The fourth-order valence-corrected chi connectivity index (χ4v) is 2.76. The maximum absolute atomic E-state index is 12.5. The smallest absolute Gasteiger partial charge is 0.228 e. The van der Waals surface area contributed by atoms with Gasteiger partial charge in [0.15, 0.2) is 0 Å². The molecule has 1 amide bonds. The van der Waals surface area contributed by atoms with E-state index in [1.807, 2.05) is 54.6 Å². The molecule has 0 heterocycles. The van der Waals surface area contributed by atoms with Crippen molar-refractivity contribution in [1.29, 1.82) is 0 Å². The largest absolute Gasteiger partial charge is 0.351 e. The first-order valence-electron chi connectivity index (χ1n) is 7.31. The molecule has 0 radical (unpaired) electrons. The van der Waals surface area contributed by atoms with Crippen LogP contribution in [0.4, 0.5) is 0 Å². The average Bonchev–Trinajstić information content (AvgIpc) is 3.33. The van der Waals surface area contributed by atoms with E-state index in [1.165, 1.54) is 0 Å². The first kappa shape index (κ1) is 14.2. The first-order valence-corrected chi connectivity index (χ1v) is 7.69. The van der Waals surface area contributed by atoms with Crippen molar-refractivity contribution in [1.82, 2.24) is 5.32 Å². The molecular weight excluding hydrogens is 282 g/mol. The molecular formula is C18H18ClNO. The fourth-order valence-electron chi connectivity index (χ4n) is 2.63. The lowest BCUT2D eigenvalue weighted by atomic mass is 9.93. The van der Waals surface area contributed by atoms with Gasteiger partial charge < -0.3 is 5.32 Å². The fraction of sp³-hybridized carbons (Fsp3) is 0.278. The summed E-state index contributed by atoms with van der Waals surface area (Å²) in [6.07, 6.45) is 2.26. The third-order valence-electron chi connectivity index (χ3n) is 3.91. The SMILES string of the molecule is O=C(NCc1ccccc1)C(c1ccc(Cl)cc1)C1CC1. The summed E-state index contributed by atoms with van der Waals surface area (Å²) < 4.78 is 0. The van der Waals surface area contributed by atoms with Crippen LogP contribution in [0.25, 0.3) is 0 Å². The van der Waals surface area contributed by atoms with Gasteiger partial charge in [-0.1, -0.05) is 54.1 Å². The van der Waals surface area contributed by atoms with Crippen LogP contribution in [0.2, 0.25) is 5.02 Å². The van der Waals surface area contributed by atoms with Crippen molar-refractivity contribution in [2.24, 2.45) is 5.92 Å². The number of hydrogen-bond donors (Lipinski definition) is 1. The lowest BCUT2D eigenvalue weighted by Crippen LogP contribution is -2.30. The van der Waals surface area contributed by atoms with E-state index in [9.17, 15) is 4.79 Å². The second-order valence-corrected chi connectivity index (χ2v) is 6.01. The van der Waals surface area contributed by atoms with Crippen molar-refractivity contribution in [3.63, 3.8) is 0 Å². The highest BCUT2D eigenvalue weighted by Crippen LogP contribution is 2.43. The van der Waals surface area contributed by atoms with E-state index in [0.29, 0.717) is 17.5 Å². The molecule has 0 spiro atoms. The summed E-state index contributed by atoms with van der Waals surface area (Å²) in [6, 6.07) is 17.6. The Bertz CT molecular complexity index is 605. The van der Waals surface area contributed by atoms with Gasteiger partial charge in [-0.15, -0.1) is 0 Å². The zero-order valence-electron chi connectivity index (χ0n) is 11.8. The minimum Gasteiger partial charge on any atom is -0.351 e. The van der Waals surface area contributed by atoms with Crippen molar-refractivity contribution in [2.45, 2.75) is 25.3 Å². The van der Waals surface area contributed by atoms with E-state index >= 15 is 0 Å². The Kier molecular flexibility index (Phi) is 4.26. The highest BCUT2D eigenvalue weighted by Gasteiger charge is 2.37. The molecule has 1 aliphatic rings. The molecule has 2 aromatic carbocycles. The predicted molar refractivity (Wildman–Crippen MR) is 85.2 cm³/mol. The maximum atomic E-state index is 12.5. The Morgan fingerprint density at radius 3 is 2.38 bits per heavy atom. The number of nitrogens with one attached hydrogen (secondary N) is 1. The first-order chi connectivity index (χ1) is 10.2. The topological polar surface area (TPSA) is 29.1 Å². The van der Waals surface area contributed by atoms with E-state index in [4.69, 9.17) is 11.6 Å². The number of carbonyl (C=O) groups is 1. The monoisotopic (exact) mass is 299 g/mol. The molecule has 0 saturated heterocycles. The molecule has 1 atom stereocenters. The maximum Gasteiger partial charge on any atom is 0.228 e. The molecule has 108 valence electrons. The molecule has 1 saturated carbocycles. The standard InChI is InChI=1S/C18H18ClNO/c19-16-10-8-15(9-11-16)17(14-6-7-14)18(21)20-12-13-4-2-1-3-5-13/h1-5,8-11,14,17H,6-7,12H2,(H,20,21). The number of rotatable bonds is 5. The summed E-state index contributed by atoms with van der Waals surface area (Å²) in [4.78, 5) is 12.5. The van der Waals surface area contributed by atoms with Crippen molar-refractivity contribution in [3.05, 3.63) is 70.7 Å². The quantitative estimate of drug-likeness (QED) is 0.883. The van der Waals surface area contributed by atoms with Crippen molar-refractivity contribution >= 4 is 17.5 Å². The van der Waals surface area contributed by atoms with E-state index in [0.717, 1.165) is 24.0 Å². The van der Waals surface area contributed by atoms with E-state index in [2.05, 4.69) is 5.32 Å². The number of amides is 1. The van der Waals surface area contributed by atoms with Crippen LogP contribution in [0.5, 0.6) is 0 Å². The molecule has 1 fully saturated rings. The Balaban J connectivity index is 1.69. The number of hydrogen-bond acceptors (Lipinski definition) is 1. The normalized spacial score (nSPS) is 15.5.